The van der Waals surface area contributed by atoms with Crippen LogP contribution in [0, 0.1) is 0 Å². The van der Waals surface area contributed by atoms with Gasteiger partial charge in [0, 0.05) is 25.0 Å². The fraction of sp³-hybridized carbons (Fsp3) is 0.308. The number of amides is 2. The van der Waals surface area contributed by atoms with Crippen LogP contribution in [0.5, 0.6) is 11.6 Å². The van der Waals surface area contributed by atoms with Gasteiger partial charge in [0.15, 0.2) is 0 Å². The van der Waals surface area contributed by atoms with E-state index in [1.807, 2.05) is 47.4 Å². The summed E-state index contributed by atoms with van der Waals surface area (Å²) in [6.07, 6.45) is 3.76. The Bertz CT molecular complexity index is 1230. The molecule has 2 aliphatic heterocycles. The fourth-order valence-corrected chi connectivity index (χ4v) is 4.32. The number of methoxy groups -OCH3 is 1. The molecular weight excluding hydrogens is 446 g/mol. The maximum Gasteiger partial charge on any atom is 0.259 e. The van der Waals surface area contributed by atoms with Crippen LogP contribution in [0.2, 0.25) is 0 Å². The Labute approximate surface area is 203 Å². The lowest BCUT2D eigenvalue weighted by atomic mass is 10.1. The van der Waals surface area contributed by atoms with Gasteiger partial charge in [0.2, 0.25) is 17.7 Å². The number of anilines is 2. The molecule has 0 spiro atoms. The van der Waals surface area contributed by atoms with Crippen LogP contribution in [0.25, 0.3) is 0 Å². The van der Waals surface area contributed by atoms with E-state index in [0.29, 0.717) is 18.9 Å². The van der Waals surface area contributed by atoms with Gasteiger partial charge in [0.1, 0.15) is 24.0 Å². The lowest BCUT2D eigenvalue weighted by molar-refractivity contribution is -0.124. The third-order valence-corrected chi connectivity index (χ3v) is 6.24. The van der Waals surface area contributed by atoms with E-state index in [1.54, 1.807) is 7.11 Å². The second-order valence-electron chi connectivity index (χ2n) is 8.52. The molecule has 0 radical (unpaired) electrons. The smallest absolute Gasteiger partial charge is 0.259 e. The van der Waals surface area contributed by atoms with Crippen molar-refractivity contribution < 1.29 is 19.1 Å². The number of piperidine rings is 1. The standard InChI is InChI=1S/C26H27N5O4/c1-34-19-10-8-17(9-11-19)16-35-25-20(23(32)29-21-6-4-13-27-24(21)33)15-28-26(30-25)31-14-12-18-5-2-3-7-22(18)31/h2-3,5,7-11,15,21H,4,6,12-14,16H2,1H3,(H,27,33)(H,29,32). The Hall–Kier alpha value is -4.14. The predicted octanol–water partition coefficient (Wildman–Crippen LogP) is 2.77. The van der Waals surface area contributed by atoms with Crippen molar-refractivity contribution in [3.8, 4) is 11.6 Å². The van der Waals surface area contributed by atoms with E-state index in [9.17, 15) is 9.59 Å². The second-order valence-corrected chi connectivity index (χ2v) is 8.52. The molecule has 3 heterocycles. The van der Waals surface area contributed by atoms with Gasteiger partial charge in [-0.05, 0) is 48.6 Å². The highest BCUT2D eigenvalue weighted by Gasteiger charge is 2.28. The summed E-state index contributed by atoms with van der Waals surface area (Å²) in [7, 11) is 1.61. The zero-order valence-electron chi connectivity index (χ0n) is 19.5. The van der Waals surface area contributed by atoms with Gasteiger partial charge in [-0.1, -0.05) is 30.3 Å². The van der Waals surface area contributed by atoms with E-state index in [-0.39, 0.29) is 24.0 Å². The summed E-state index contributed by atoms with van der Waals surface area (Å²) in [4.78, 5) is 36.4. The monoisotopic (exact) mass is 473 g/mol. The van der Waals surface area contributed by atoms with Crippen molar-refractivity contribution in [1.82, 2.24) is 20.6 Å². The molecule has 2 aliphatic rings. The van der Waals surface area contributed by atoms with Crippen LogP contribution in [-0.4, -0.2) is 48.0 Å². The minimum absolute atomic E-state index is 0.170. The molecule has 0 bridgehead atoms. The molecule has 1 fully saturated rings. The first kappa shape index (κ1) is 22.6. The third-order valence-electron chi connectivity index (χ3n) is 6.24. The summed E-state index contributed by atoms with van der Waals surface area (Å²) in [5, 5.41) is 5.58. The highest BCUT2D eigenvalue weighted by Crippen LogP contribution is 2.33. The first-order valence-corrected chi connectivity index (χ1v) is 11.7. The van der Waals surface area contributed by atoms with Crippen LogP contribution in [0.4, 0.5) is 11.6 Å². The summed E-state index contributed by atoms with van der Waals surface area (Å²) in [6.45, 7) is 1.57. The Morgan fingerprint density at radius 2 is 2.03 bits per heavy atom. The number of ether oxygens (including phenoxy) is 2. The number of benzene rings is 2. The van der Waals surface area contributed by atoms with Crippen molar-refractivity contribution in [3.63, 3.8) is 0 Å². The normalized spacial score (nSPS) is 16.9. The molecule has 1 unspecified atom stereocenters. The van der Waals surface area contributed by atoms with Gasteiger partial charge in [-0.25, -0.2) is 4.98 Å². The number of hydrogen-bond donors (Lipinski definition) is 2. The average Bonchev–Trinajstić information content (AvgIpc) is 3.33. The number of hydrogen-bond acceptors (Lipinski definition) is 7. The summed E-state index contributed by atoms with van der Waals surface area (Å²) in [5.74, 6) is 0.758. The van der Waals surface area contributed by atoms with E-state index in [1.165, 1.54) is 11.8 Å². The molecule has 35 heavy (non-hydrogen) atoms. The Morgan fingerprint density at radius 3 is 2.83 bits per heavy atom. The zero-order chi connectivity index (χ0) is 24.2. The zero-order valence-corrected chi connectivity index (χ0v) is 19.5. The van der Waals surface area contributed by atoms with Crippen molar-refractivity contribution in [3.05, 3.63) is 71.4 Å². The first-order valence-electron chi connectivity index (χ1n) is 11.7. The number of nitrogens with one attached hydrogen (secondary N) is 2. The number of carbonyl (C=O) groups is 2. The van der Waals surface area contributed by atoms with Crippen LogP contribution < -0.4 is 25.0 Å². The highest BCUT2D eigenvalue weighted by atomic mass is 16.5. The second kappa shape index (κ2) is 10.0. The number of carbonyl (C=O) groups excluding carboxylic acids is 2. The summed E-state index contributed by atoms with van der Waals surface area (Å²) < 4.78 is 11.3. The molecular formula is C26H27N5O4. The molecule has 9 heteroatoms. The molecule has 0 aliphatic carbocycles. The van der Waals surface area contributed by atoms with Crippen molar-refractivity contribution >= 4 is 23.5 Å². The number of aromatic nitrogens is 2. The molecule has 180 valence electrons. The number of nitrogens with zero attached hydrogens (tertiary/aromatic N) is 3. The summed E-state index contributed by atoms with van der Waals surface area (Å²) in [6, 6.07) is 15.0. The lowest BCUT2D eigenvalue weighted by Gasteiger charge is -2.23. The number of para-hydroxylation sites is 1. The van der Waals surface area contributed by atoms with Gasteiger partial charge < -0.3 is 25.0 Å². The predicted molar refractivity (Wildman–Crippen MR) is 130 cm³/mol. The van der Waals surface area contributed by atoms with Crippen LogP contribution in [0.3, 0.4) is 0 Å². The largest absolute Gasteiger partial charge is 0.497 e. The number of rotatable bonds is 7. The van der Waals surface area contributed by atoms with Crippen LogP contribution >= 0.6 is 0 Å². The molecule has 2 N–H and O–H groups in total. The average molecular weight is 474 g/mol. The topological polar surface area (TPSA) is 106 Å². The Morgan fingerprint density at radius 1 is 1.20 bits per heavy atom. The molecule has 2 amide bonds. The van der Waals surface area contributed by atoms with Gasteiger partial charge in [-0.2, -0.15) is 4.98 Å². The van der Waals surface area contributed by atoms with E-state index in [4.69, 9.17) is 9.47 Å². The maximum absolute atomic E-state index is 13.1. The SMILES string of the molecule is COc1ccc(COc2nc(N3CCc4ccccc43)ncc2C(=O)NC2CCCNC2=O)cc1. The van der Waals surface area contributed by atoms with Crippen molar-refractivity contribution in [2.24, 2.45) is 0 Å². The van der Waals surface area contributed by atoms with Gasteiger partial charge in [-0.15, -0.1) is 0 Å². The van der Waals surface area contributed by atoms with E-state index in [2.05, 4.69) is 26.7 Å². The maximum atomic E-state index is 13.1. The molecule has 0 saturated carbocycles. The molecule has 5 rings (SSSR count). The van der Waals surface area contributed by atoms with Crippen LogP contribution in [0.15, 0.2) is 54.7 Å². The van der Waals surface area contributed by atoms with Gasteiger partial charge in [0.25, 0.3) is 5.91 Å². The minimum atomic E-state index is -0.587. The lowest BCUT2D eigenvalue weighted by Crippen LogP contribution is -2.50. The Kier molecular flexibility index (Phi) is 6.47. The van der Waals surface area contributed by atoms with Crippen molar-refractivity contribution in [1.29, 1.82) is 0 Å². The van der Waals surface area contributed by atoms with E-state index < -0.39 is 11.9 Å². The highest BCUT2D eigenvalue weighted by molar-refractivity contribution is 5.99. The minimum Gasteiger partial charge on any atom is -0.497 e. The van der Waals surface area contributed by atoms with Crippen molar-refractivity contribution in [2.75, 3.05) is 25.1 Å². The van der Waals surface area contributed by atoms with Gasteiger partial charge in [-0.3, -0.25) is 9.59 Å². The molecule has 1 aromatic heterocycles. The fourth-order valence-electron chi connectivity index (χ4n) is 4.32. The summed E-state index contributed by atoms with van der Waals surface area (Å²) >= 11 is 0. The Balaban J connectivity index is 1.42. The molecule has 9 nitrogen and oxygen atoms in total. The van der Waals surface area contributed by atoms with Crippen LogP contribution in [-0.2, 0) is 17.8 Å². The quantitative estimate of drug-likeness (QED) is 0.544. The van der Waals surface area contributed by atoms with Crippen molar-refractivity contribution in [2.45, 2.75) is 31.9 Å². The molecule has 2 aromatic carbocycles. The number of fused-ring (bicyclic) bond motifs is 1. The van der Waals surface area contributed by atoms with E-state index in [0.717, 1.165) is 36.4 Å². The van der Waals surface area contributed by atoms with Gasteiger partial charge in [0.05, 0.1) is 7.11 Å². The molecule has 3 aromatic rings. The van der Waals surface area contributed by atoms with Gasteiger partial charge >= 0.3 is 0 Å². The molecule has 1 atom stereocenters. The summed E-state index contributed by atoms with van der Waals surface area (Å²) in [5.41, 5.74) is 3.36. The van der Waals surface area contributed by atoms with E-state index >= 15 is 0 Å². The first-order chi connectivity index (χ1) is 17.1. The van der Waals surface area contributed by atoms with Crippen LogP contribution in [0.1, 0.15) is 34.3 Å². The third kappa shape index (κ3) is 4.89. The molecule has 1 saturated heterocycles.